The smallest absolute Gasteiger partial charge is 0.224 e. The SMILES string of the molecule is CCCCCCS(=O)(=O)/C(=C/c1ccccc1)C(F)(F)F. The van der Waals surface area contributed by atoms with E-state index in [1.165, 1.54) is 12.1 Å². The molecule has 0 radical (unpaired) electrons. The number of hydrogen-bond donors (Lipinski definition) is 0. The third-order valence-corrected chi connectivity index (χ3v) is 4.82. The van der Waals surface area contributed by atoms with E-state index >= 15 is 0 Å². The number of halogens is 3. The monoisotopic (exact) mass is 320 g/mol. The van der Waals surface area contributed by atoms with Gasteiger partial charge in [0.25, 0.3) is 0 Å². The van der Waals surface area contributed by atoms with E-state index in [0.717, 1.165) is 12.8 Å². The van der Waals surface area contributed by atoms with Gasteiger partial charge in [0.1, 0.15) is 4.91 Å². The molecule has 21 heavy (non-hydrogen) atoms. The maximum Gasteiger partial charge on any atom is 0.427 e. The van der Waals surface area contributed by atoms with Gasteiger partial charge in [0.05, 0.1) is 5.75 Å². The zero-order chi connectivity index (χ0) is 15.9. The van der Waals surface area contributed by atoms with E-state index in [4.69, 9.17) is 0 Å². The molecular formula is C15H19F3O2S. The molecule has 0 bridgehead atoms. The zero-order valence-electron chi connectivity index (χ0n) is 11.9. The average Bonchev–Trinajstić information content (AvgIpc) is 2.41. The van der Waals surface area contributed by atoms with E-state index in [1.807, 2.05) is 6.92 Å². The quantitative estimate of drug-likeness (QED) is 0.689. The Morgan fingerprint density at radius 3 is 2.24 bits per heavy atom. The Hall–Kier alpha value is -1.30. The first kappa shape index (κ1) is 17.8. The third kappa shape index (κ3) is 5.91. The van der Waals surface area contributed by atoms with Crippen LogP contribution in [0.25, 0.3) is 6.08 Å². The van der Waals surface area contributed by atoms with Crippen molar-refractivity contribution in [1.29, 1.82) is 0 Å². The minimum absolute atomic E-state index is 0.224. The highest BCUT2D eigenvalue weighted by Crippen LogP contribution is 2.32. The first-order valence-electron chi connectivity index (χ1n) is 6.84. The largest absolute Gasteiger partial charge is 0.427 e. The van der Waals surface area contributed by atoms with Gasteiger partial charge in [-0.2, -0.15) is 13.2 Å². The van der Waals surface area contributed by atoms with Crippen molar-refractivity contribution < 1.29 is 21.6 Å². The molecule has 0 unspecified atom stereocenters. The van der Waals surface area contributed by atoms with Crippen LogP contribution in [0.1, 0.15) is 38.2 Å². The standard InChI is InChI=1S/C15H19F3O2S/c1-2-3-4-8-11-21(19,20)14(15(16,17)18)12-13-9-6-5-7-10-13/h5-7,9-10,12H,2-4,8,11H2,1H3/b14-12+. The summed E-state index contributed by atoms with van der Waals surface area (Å²) in [5.74, 6) is -0.467. The third-order valence-electron chi connectivity index (χ3n) is 2.98. The van der Waals surface area contributed by atoms with Gasteiger partial charge < -0.3 is 0 Å². The lowest BCUT2D eigenvalue weighted by Gasteiger charge is -2.12. The van der Waals surface area contributed by atoms with E-state index in [0.29, 0.717) is 12.5 Å². The van der Waals surface area contributed by atoms with E-state index in [2.05, 4.69) is 0 Å². The number of hydrogen-bond acceptors (Lipinski definition) is 2. The van der Waals surface area contributed by atoms with Gasteiger partial charge in [0.15, 0.2) is 9.84 Å². The highest BCUT2D eigenvalue weighted by Gasteiger charge is 2.41. The number of alkyl halides is 3. The number of rotatable bonds is 7. The van der Waals surface area contributed by atoms with Crippen molar-refractivity contribution >= 4 is 15.9 Å². The van der Waals surface area contributed by atoms with Crippen LogP contribution in [0.5, 0.6) is 0 Å². The van der Waals surface area contributed by atoms with Gasteiger partial charge in [-0.25, -0.2) is 8.42 Å². The molecule has 0 spiro atoms. The van der Waals surface area contributed by atoms with Crippen LogP contribution >= 0.6 is 0 Å². The van der Waals surface area contributed by atoms with E-state index < -0.39 is 26.7 Å². The molecule has 0 N–H and O–H groups in total. The molecule has 0 saturated heterocycles. The number of benzene rings is 1. The molecule has 0 fully saturated rings. The molecule has 2 nitrogen and oxygen atoms in total. The summed E-state index contributed by atoms with van der Waals surface area (Å²) in [5, 5.41) is 0. The van der Waals surface area contributed by atoms with E-state index in [-0.39, 0.29) is 12.0 Å². The molecule has 0 atom stereocenters. The van der Waals surface area contributed by atoms with Crippen LogP contribution in [0.2, 0.25) is 0 Å². The summed E-state index contributed by atoms with van der Waals surface area (Å²) >= 11 is 0. The Morgan fingerprint density at radius 1 is 1.10 bits per heavy atom. The normalized spacial score (nSPS) is 13.4. The summed E-state index contributed by atoms with van der Waals surface area (Å²) in [4.78, 5) is -1.46. The maximum absolute atomic E-state index is 13.0. The van der Waals surface area contributed by atoms with Crippen LogP contribution in [0.15, 0.2) is 35.2 Å². The second-order valence-electron chi connectivity index (χ2n) is 4.80. The Bertz CT molecular complexity index is 560. The predicted octanol–water partition coefficient (Wildman–Crippen LogP) is 4.58. The summed E-state index contributed by atoms with van der Waals surface area (Å²) in [5.41, 5.74) is 0.224. The second-order valence-corrected chi connectivity index (χ2v) is 6.87. The Balaban J connectivity index is 3.01. The van der Waals surface area contributed by atoms with Gasteiger partial charge in [0.2, 0.25) is 0 Å². The molecule has 1 aromatic rings. The van der Waals surface area contributed by atoms with Crippen molar-refractivity contribution in [3.8, 4) is 0 Å². The van der Waals surface area contributed by atoms with Gasteiger partial charge in [0, 0.05) is 0 Å². The van der Waals surface area contributed by atoms with E-state index in [9.17, 15) is 21.6 Å². The van der Waals surface area contributed by atoms with Crippen molar-refractivity contribution in [3.63, 3.8) is 0 Å². The molecule has 0 heterocycles. The lowest BCUT2D eigenvalue weighted by molar-refractivity contribution is -0.0836. The molecule has 1 rings (SSSR count). The summed E-state index contributed by atoms with van der Waals surface area (Å²) in [6.45, 7) is 1.95. The molecule has 118 valence electrons. The fourth-order valence-corrected chi connectivity index (χ4v) is 3.35. The molecule has 0 saturated carbocycles. The first-order chi connectivity index (χ1) is 9.77. The van der Waals surface area contributed by atoms with Crippen LogP contribution in [0, 0.1) is 0 Å². The van der Waals surface area contributed by atoms with Crippen molar-refractivity contribution in [2.24, 2.45) is 0 Å². The lowest BCUT2D eigenvalue weighted by Crippen LogP contribution is -2.22. The van der Waals surface area contributed by atoms with Gasteiger partial charge in [-0.05, 0) is 18.1 Å². The summed E-state index contributed by atoms with van der Waals surface area (Å²) in [6, 6.07) is 7.67. The molecular weight excluding hydrogens is 301 g/mol. The molecule has 6 heteroatoms. The summed E-state index contributed by atoms with van der Waals surface area (Å²) in [7, 11) is -4.32. The van der Waals surface area contributed by atoms with Crippen molar-refractivity contribution in [2.75, 3.05) is 5.75 Å². The molecule has 0 aliphatic carbocycles. The second kappa shape index (κ2) is 7.64. The fraction of sp³-hybridized carbons (Fsp3) is 0.467. The Morgan fingerprint density at radius 2 is 1.71 bits per heavy atom. The number of allylic oxidation sites excluding steroid dienone is 1. The molecule has 1 aromatic carbocycles. The Kier molecular flexibility index (Phi) is 6.45. The minimum Gasteiger partial charge on any atom is -0.224 e. The number of unbranched alkanes of at least 4 members (excludes halogenated alkanes) is 3. The fourth-order valence-electron chi connectivity index (χ4n) is 1.88. The minimum atomic E-state index is -4.88. The van der Waals surface area contributed by atoms with Gasteiger partial charge in [-0.1, -0.05) is 56.5 Å². The van der Waals surface area contributed by atoms with Crippen LogP contribution in [-0.4, -0.2) is 20.3 Å². The molecule has 0 amide bonds. The number of sulfone groups is 1. The topological polar surface area (TPSA) is 34.1 Å². The van der Waals surface area contributed by atoms with Crippen LogP contribution in [-0.2, 0) is 9.84 Å². The van der Waals surface area contributed by atoms with Crippen LogP contribution in [0.4, 0.5) is 13.2 Å². The Labute approximate surface area is 123 Å². The highest BCUT2D eigenvalue weighted by molar-refractivity contribution is 7.95. The van der Waals surface area contributed by atoms with Crippen molar-refractivity contribution in [1.82, 2.24) is 0 Å². The molecule has 0 aliphatic rings. The predicted molar refractivity (Wildman–Crippen MR) is 78.4 cm³/mol. The van der Waals surface area contributed by atoms with Crippen molar-refractivity contribution in [3.05, 3.63) is 40.8 Å². The van der Waals surface area contributed by atoms with Crippen LogP contribution < -0.4 is 0 Å². The highest BCUT2D eigenvalue weighted by atomic mass is 32.2. The maximum atomic E-state index is 13.0. The lowest BCUT2D eigenvalue weighted by atomic mass is 10.2. The van der Waals surface area contributed by atoms with Gasteiger partial charge in [-0.15, -0.1) is 0 Å². The van der Waals surface area contributed by atoms with Crippen LogP contribution in [0.3, 0.4) is 0 Å². The van der Waals surface area contributed by atoms with Gasteiger partial charge in [-0.3, -0.25) is 0 Å². The molecule has 0 aromatic heterocycles. The van der Waals surface area contributed by atoms with Crippen molar-refractivity contribution in [2.45, 2.75) is 38.8 Å². The first-order valence-corrected chi connectivity index (χ1v) is 8.49. The average molecular weight is 320 g/mol. The van der Waals surface area contributed by atoms with Gasteiger partial charge >= 0.3 is 6.18 Å². The summed E-state index contributed by atoms with van der Waals surface area (Å²) < 4.78 is 63.0. The zero-order valence-corrected chi connectivity index (χ0v) is 12.7. The van der Waals surface area contributed by atoms with E-state index in [1.54, 1.807) is 18.2 Å². The summed E-state index contributed by atoms with van der Waals surface area (Å²) in [6.07, 6.45) is -1.59. The molecule has 0 aliphatic heterocycles.